The summed E-state index contributed by atoms with van der Waals surface area (Å²) in [5.41, 5.74) is 1.24. The van der Waals surface area contributed by atoms with Crippen LogP contribution in [0.5, 0.6) is 0 Å². The van der Waals surface area contributed by atoms with Gasteiger partial charge in [-0.25, -0.2) is 9.97 Å². The van der Waals surface area contributed by atoms with Crippen molar-refractivity contribution in [1.82, 2.24) is 19.9 Å². The average Bonchev–Trinajstić information content (AvgIpc) is 3.09. The van der Waals surface area contributed by atoms with Crippen LogP contribution < -0.4 is 4.90 Å². The molecule has 0 bridgehead atoms. The van der Waals surface area contributed by atoms with Crippen LogP contribution in [0.15, 0.2) is 42.9 Å². The van der Waals surface area contributed by atoms with Crippen LogP contribution in [-0.4, -0.2) is 51.9 Å². The zero-order chi connectivity index (χ0) is 17.6. The van der Waals surface area contributed by atoms with Crippen molar-refractivity contribution in [3.8, 4) is 0 Å². The summed E-state index contributed by atoms with van der Waals surface area (Å²) < 4.78 is 1.07. The average molecular weight is 355 g/mol. The van der Waals surface area contributed by atoms with Gasteiger partial charge in [-0.15, -0.1) is 0 Å². The van der Waals surface area contributed by atoms with Gasteiger partial charge in [0.05, 0.1) is 16.4 Å². The highest BCUT2D eigenvalue weighted by molar-refractivity contribution is 7.22. The number of fused-ring (bicyclic) bond motifs is 1. The summed E-state index contributed by atoms with van der Waals surface area (Å²) in [5.74, 6) is -0.167. The Hall–Kier alpha value is -2.38. The molecule has 0 saturated heterocycles. The number of nitrogens with zero attached hydrogens (tertiary/aromatic N) is 5. The molecule has 0 aliphatic rings. The molecule has 0 radical (unpaired) electrons. The first-order valence-electron chi connectivity index (χ1n) is 8.38. The minimum atomic E-state index is -0.167. The van der Waals surface area contributed by atoms with E-state index in [1.165, 1.54) is 23.7 Å². The van der Waals surface area contributed by atoms with Crippen LogP contribution in [0.1, 0.15) is 24.3 Å². The molecule has 1 amide bonds. The van der Waals surface area contributed by atoms with Gasteiger partial charge in [-0.1, -0.05) is 37.3 Å². The van der Waals surface area contributed by atoms with E-state index in [4.69, 9.17) is 0 Å². The van der Waals surface area contributed by atoms with Gasteiger partial charge in [-0.2, -0.15) is 0 Å². The van der Waals surface area contributed by atoms with Crippen molar-refractivity contribution in [2.24, 2.45) is 0 Å². The van der Waals surface area contributed by atoms with E-state index in [1.807, 2.05) is 24.3 Å². The van der Waals surface area contributed by atoms with E-state index in [0.29, 0.717) is 17.4 Å². The largest absolute Gasteiger partial charge is 0.302 e. The summed E-state index contributed by atoms with van der Waals surface area (Å²) in [6.07, 6.45) is 4.60. The van der Waals surface area contributed by atoms with Crippen LogP contribution in [0.25, 0.3) is 10.2 Å². The molecule has 130 valence electrons. The first-order chi connectivity index (χ1) is 12.2. The van der Waals surface area contributed by atoms with Crippen LogP contribution in [0.2, 0.25) is 0 Å². The SMILES string of the molecule is CCN(CC)CCN(C(=O)c1cnccn1)c1nc2ccccc2s1. The third-order valence-corrected chi connectivity index (χ3v) is 5.13. The van der Waals surface area contributed by atoms with Crippen molar-refractivity contribution in [2.45, 2.75) is 13.8 Å². The number of likely N-dealkylation sites (N-methyl/N-ethyl adjacent to an activating group) is 1. The molecule has 7 heteroatoms. The lowest BCUT2D eigenvalue weighted by Crippen LogP contribution is -2.39. The Morgan fingerprint density at radius 3 is 2.60 bits per heavy atom. The van der Waals surface area contributed by atoms with E-state index in [9.17, 15) is 4.79 Å². The quantitative estimate of drug-likeness (QED) is 0.652. The number of carbonyl (C=O) groups excluding carboxylic acids is 1. The van der Waals surface area contributed by atoms with E-state index in [0.717, 1.165) is 29.9 Å². The lowest BCUT2D eigenvalue weighted by Gasteiger charge is -2.24. The molecule has 0 saturated carbocycles. The van der Waals surface area contributed by atoms with Gasteiger partial charge in [-0.3, -0.25) is 14.7 Å². The normalized spacial score (nSPS) is 11.2. The highest BCUT2D eigenvalue weighted by Crippen LogP contribution is 2.29. The fourth-order valence-corrected chi connectivity index (χ4v) is 3.58. The van der Waals surface area contributed by atoms with Crippen molar-refractivity contribution in [1.29, 1.82) is 0 Å². The zero-order valence-corrected chi connectivity index (χ0v) is 15.2. The molecule has 25 heavy (non-hydrogen) atoms. The number of amides is 1. The molecule has 6 nitrogen and oxygen atoms in total. The Morgan fingerprint density at radius 2 is 1.92 bits per heavy atom. The maximum atomic E-state index is 13.0. The Kier molecular flexibility index (Phi) is 5.67. The van der Waals surface area contributed by atoms with Gasteiger partial charge >= 0.3 is 0 Å². The molecule has 0 aliphatic heterocycles. The second-order valence-electron chi connectivity index (χ2n) is 5.54. The van der Waals surface area contributed by atoms with Crippen molar-refractivity contribution in [2.75, 3.05) is 31.1 Å². The molecule has 0 atom stereocenters. The molecule has 0 unspecified atom stereocenters. The summed E-state index contributed by atoms with van der Waals surface area (Å²) >= 11 is 1.52. The first-order valence-corrected chi connectivity index (χ1v) is 9.20. The van der Waals surface area contributed by atoms with Crippen molar-refractivity contribution in [3.05, 3.63) is 48.5 Å². The van der Waals surface area contributed by atoms with Gasteiger partial charge in [0.15, 0.2) is 5.13 Å². The number of anilines is 1. The van der Waals surface area contributed by atoms with Crippen LogP contribution >= 0.6 is 11.3 Å². The summed E-state index contributed by atoms with van der Waals surface area (Å²) in [5, 5.41) is 0.698. The lowest BCUT2D eigenvalue weighted by molar-refractivity contribution is 0.0978. The molecule has 0 fully saturated rings. The van der Waals surface area contributed by atoms with E-state index in [1.54, 1.807) is 11.1 Å². The number of aromatic nitrogens is 3. The third-order valence-electron chi connectivity index (χ3n) is 4.08. The molecule has 1 aromatic carbocycles. The molecule has 0 N–H and O–H groups in total. The zero-order valence-electron chi connectivity index (χ0n) is 14.4. The van der Waals surface area contributed by atoms with E-state index < -0.39 is 0 Å². The van der Waals surface area contributed by atoms with Gasteiger partial charge in [-0.05, 0) is 25.2 Å². The van der Waals surface area contributed by atoms with Crippen molar-refractivity contribution in [3.63, 3.8) is 0 Å². The molecule has 2 aromatic heterocycles. The Labute approximate surface area is 151 Å². The fourth-order valence-electron chi connectivity index (χ4n) is 2.59. The fraction of sp³-hybridized carbons (Fsp3) is 0.333. The number of thiazole rings is 1. The number of para-hydroxylation sites is 1. The first kappa shape index (κ1) is 17.4. The number of benzene rings is 1. The van der Waals surface area contributed by atoms with Crippen molar-refractivity contribution < 1.29 is 4.79 Å². The highest BCUT2D eigenvalue weighted by atomic mass is 32.1. The second kappa shape index (κ2) is 8.13. The maximum absolute atomic E-state index is 13.0. The molecule has 0 spiro atoms. The number of rotatable bonds is 7. The van der Waals surface area contributed by atoms with E-state index >= 15 is 0 Å². The Morgan fingerprint density at radius 1 is 1.12 bits per heavy atom. The highest BCUT2D eigenvalue weighted by Gasteiger charge is 2.22. The smallest absolute Gasteiger partial charge is 0.280 e. The second-order valence-corrected chi connectivity index (χ2v) is 6.55. The number of hydrogen-bond acceptors (Lipinski definition) is 6. The summed E-state index contributed by atoms with van der Waals surface area (Å²) in [6.45, 7) is 7.49. The number of hydrogen-bond donors (Lipinski definition) is 0. The van der Waals surface area contributed by atoms with Gasteiger partial charge in [0.1, 0.15) is 5.69 Å². The van der Waals surface area contributed by atoms with E-state index in [-0.39, 0.29) is 5.91 Å². The predicted molar refractivity (Wildman–Crippen MR) is 101 cm³/mol. The third kappa shape index (κ3) is 4.00. The molecule has 0 aliphatic carbocycles. The maximum Gasteiger partial charge on any atom is 0.280 e. The van der Waals surface area contributed by atoms with Crippen LogP contribution in [0, 0.1) is 0 Å². The van der Waals surface area contributed by atoms with Gasteiger partial charge in [0, 0.05) is 25.5 Å². The van der Waals surface area contributed by atoms with Gasteiger partial charge < -0.3 is 4.90 Å². The predicted octanol–water partition coefficient (Wildman–Crippen LogP) is 3.07. The van der Waals surface area contributed by atoms with Crippen LogP contribution in [-0.2, 0) is 0 Å². The summed E-state index contributed by atoms with van der Waals surface area (Å²) in [7, 11) is 0. The Bertz CT molecular complexity index is 799. The minimum absolute atomic E-state index is 0.167. The molecular weight excluding hydrogens is 334 g/mol. The molecule has 3 rings (SSSR count). The van der Waals surface area contributed by atoms with Gasteiger partial charge in [0.2, 0.25) is 0 Å². The van der Waals surface area contributed by atoms with Crippen LogP contribution in [0.4, 0.5) is 5.13 Å². The molecule has 3 aromatic rings. The van der Waals surface area contributed by atoms with Gasteiger partial charge in [0.25, 0.3) is 5.91 Å². The standard InChI is InChI=1S/C18H21N5OS/c1-3-22(4-2)11-12-23(17(24)15-13-19-9-10-20-15)18-21-14-7-5-6-8-16(14)25-18/h5-10,13H,3-4,11-12H2,1-2H3. The monoisotopic (exact) mass is 355 g/mol. The Balaban J connectivity index is 1.91. The van der Waals surface area contributed by atoms with E-state index in [2.05, 4.69) is 33.7 Å². The summed E-state index contributed by atoms with van der Waals surface area (Å²) in [6, 6.07) is 7.92. The topological polar surface area (TPSA) is 62.2 Å². The molecular formula is C18H21N5OS. The molecule has 2 heterocycles. The van der Waals surface area contributed by atoms with Crippen LogP contribution in [0.3, 0.4) is 0 Å². The lowest BCUT2D eigenvalue weighted by atomic mass is 10.3. The minimum Gasteiger partial charge on any atom is -0.302 e. The summed E-state index contributed by atoms with van der Waals surface area (Å²) in [4.78, 5) is 29.8. The van der Waals surface area contributed by atoms with Crippen molar-refractivity contribution >= 4 is 32.6 Å². The number of carbonyl (C=O) groups is 1.